The Kier molecular flexibility index (Phi) is 10.9. The molecule has 1 aliphatic rings. The SMILES string of the molecule is FCOc1ccc(OC(COc2ccc(OC(F)(F)C3CC[CH-]CC3)cc2)c2ccccc2)cc1.[Y]. The Labute approximate surface area is 235 Å². The molecule has 0 aliphatic heterocycles. The first-order valence-electron chi connectivity index (χ1n) is 11.7. The predicted molar refractivity (Wildman–Crippen MR) is 127 cm³/mol. The molecule has 1 aliphatic carbocycles. The second kappa shape index (κ2) is 13.9. The zero-order chi connectivity index (χ0) is 24.5. The monoisotopic (exact) mass is 574 g/mol. The number of hydrogen-bond acceptors (Lipinski definition) is 4. The topological polar surface area (TPSA) is 36.9 Å². The fourth-order valence-corrected chi connectivity index (χ4v) is 3.99. The Hall–Kier alpha value is -2.25. The maximum absolute atomic E-state index is 14.5. The van der Waals surface area contributed by atoms with Crippen molar-refractivity contribution in [2.45, 2.75) is 37.9 Å². The van der Waals surface area contributed by atoms with E-state index in [4.69, 9.17) is 18.9 Å². The molecule has 1 saturated carbocycles. The molecule has 0 amide bonds. The molecular weight excluding hydrogens is 546 g/mol. The molecule has 0 bridgehead atoms. The van der Waals surface area contributed by atoms with E-state index < -0.39 is 25.0 Å². The Morgan fingerprint density at radius 1 is 0.778 bits per heavy atom. The van der Waals surface area contributed by atoms with Gasteiger partial charge in [0.25, 0.3) is 0 Å². The number of ether oxygens (including phenoxy) is 4. The van der Waals surface area contributed by atoms with Crippen LogP contribution in [0.3, 0.4) is 0 Å². The number of hydrogen-bond donors (Lipinski definition) is 0. The van der Waals surface area contributed by atoms with Gasteiger partial charge in [-0.15, -0.1) is 0 Å². The van der Waals surface area contributed by atoms with Gasteiger partial charge >= 0.3 is 6.11 Å². The van der Waals surface area contributed by atoms with E-state index in [1.165, 1.54) is 12.1 Å². The van der Waals surface area contributed by atoms with Crippen molar-refractivity contribution in [3.8, 4) is 23.0 Å². The molecule has 1 unspecified atom stereocenters. The third-order valence-electron chi connectivity index (χ3n) is 5.89. The fourth-order valence-electron chi connectivity index (χ4n) is 3.99. The zero-order valence-corrected chi connectivity index (χ0v) is 22.7. The van der Waals surface area contributed by atoms with Crippen LogP contribution in [0.5, 0.6) is 23.0 Å². The zero-order valence-electron chi connectivity index (χ0n) is 19.8. The van der Waals surface area contributed by atoms with Gasteiger partial charge in [-0.25, -0.2) is 4.39 Å². The van der Waals surface area contributed by atoms with Crippen molar-refractivity contribution in [3.05, 3.63) is 90.8 Å². The summed E-state index contributed by atoms with van der Waals surface area (Å²) < 4.78 is 63.2. The minimum absolute atomic E-state index is 0. The van der Waals surface area contributed by atoms with Crippen molar-refractivity contribution in [2.75, 3.05) is 13.5 Å². The normalized spacial score (nSPS) is 14.9. The molecule has 36 heavy (non-hydrogen) atoms. The van der Waals surface area contributed by atoms with E-state index in [2.05, 4.69) is 0 Å². The summed E-state index contributed by atoms with van der Waals surface area (Å²) in [7, 11) is 0. The summed E-state index contributed by atoms with van der Waals surface area (Å²) in [6, 6.07) is 22.4. The Bertz CT molecular complexity index is 1030. The van der Waals surface area contributed by atoms with Gasteiger partial charge in [0.2, 0.25) is 6.86 Å². The molecule has 3 aromatic rings. The van der Waals surface area contributed by atoms with Crippen LogP contribution in [-0.2, 0) is 32.7 Å². The summed E-state index contributed by atoms with van der Waals surface area (Å²) >= 11 is 0. The van der Waals surface area contributed by atoms with Gasteiger partial charge in [0.1, 0.15) is 29.6 Å². The maximum Gasteiger partial charge on any atom is 0.400 e. The molecule has 1 atom stereocenters. The third kappa shape index (κ3) is 8.14. The third-order valence-corrected chi connectivity index (χ3v) is 5.89. The van der Waals surface area contributed by atoms with Gasteiger partial charge in [0, 0.05) is 32.7 Å². The average molecular weight is 574 g/mol. The number of alkyl halides is 3. The van der Waals surface area contributed by atoms with Crippen LogP contribution in [0.2, 0.25) is 0 Å². The minimum Gasteiger partial charge on any atom is -0.489 e. The van der Waals surface area contributed by atoms with Crippen molar-refractivity contribution >= 4 is 0 Å². The van der Waals surface area contributed by atoms with Crippen LogP contribution < -0.4 is 18.9 Å². The molecule has 1 radical (unpaired) electrons. The second-order valence-corrected chi connectivity index (χ2v) is 8.33. The summed E-state index contributed by atoms with van der Waals surface area (Å²) in [5.74, 6) is 0.805. The van der Waals surface area contributed by atoms with Gasteiger partial charge in [0.15, 0.2) is 6.10 Å². The molecule has 4 nitrogen and oxygen atoms in total. The molecule has 1 fully saturated rings. The summed E-state index contributed by atoms with van der Waals surface area (Å²) in [5.41, 5.74) is 0.904. The van der Waals surface area contributed by atoms with Gasteiger partial charge in [-0.1, -0.05) is 43.2 Å². The van der Waals surface area contributed by atoms with Crippen LogP contribution in [0.15, 0.2) is 78.9 Å². The van der Waals surface area contributed by atoms with E-state index in [1.807, 2.05) is 36.8 Å². The predicted octanol–water partition coefficient (Wildman–Crippen LogP) is 7.56. The number of benzene rings is 3. The smallest absolute Gasteiger partial charge is 0.400 e. The van der Waals surface area contributed by atoms with Crippen LogP contribution in [0.1, 0.15) is 37.4 Å². The second-order valence-electron chi connectivity index (χ2n) is 8.33. The Balaban J connectivity index is 0.00000361. The average Bonchev–Trinajstić information content (AvgIpc) is 2.89. The Morgan fingerprint density at radius 3 is 1.94 bits per heavy atom. The molecule has 0 saturated heterocycles. The standard InChI is InChI=1S/C28H28F3O4.Y/c29-20-33-24-11-15-25(16-12-24)34-27(21-7-3-1-4-8-21)19-32-23-13-17-26(18-14-23)35-28(30,31)22-9-5-2-6-10-22;/h1-4,7-8,11-18,22,27H,5-6,9-10,19-20H2;/q-1;. The maximum atomic E-state index is 14.5. The van der Waals surface area contributed by atoms with E-state index >= 15 is 0 Å². The molecule has 189 valence electrons. The molecule has 0 N–H and O–H groups in total. The van der Waals surface area contributed by atoms with Crippen LogP contribution >= 0.6 is 0 Å². The van der Waals surface area contributed by atoms with Crippen molar-refractivity contribution in [1.29, 1.82) is 0 Å². The summed E-state index contributed by atoms with van der Waals surface area (Å²) in [5, 5.41) is 0. The summed E-state index contributed by atoms with van der Waals surface area (Å²) in [6.07, 6.45) is 0.649. The van der Waals surface area contributed by atoms with Gasteiger partial charge in [0.05, 0.1) is 5.92 Å². The number of rotatable bonds is 11. The molecule has 0 aromatic heterocycles. The van der Waals surface area contributed by atoms with E-state index in [0.29, 0.717) is 42.9 Å². The largest absolute Gasteiger partial charge is 0.489 e. The van der Waals surface area contributed by atoms with E-state index in [1.54, 1.807) is 36.4 Å². The molecular formula is C28H28F3O4Y-. The van der Waals surface area contributed by atoms with E-state index in [9.17, 15) is 13.2 Å². The Morgan fingerprint density at radius 2 is 1.33 bits per heavy atom. The van der Waals surface area contributed by atoms with Crippen LogP contribution in [0.25, 0.3) is 0 Å². The first-order valence-corrected chi connectivity index (χ1v) is 11.7. The van der Waals surface area contributed by atoms with Crippen molar-refractivity contribution in [2.24, 2.45) is 5.92 Å². The number of halogens is 3. The minimum atomic E-state index is -3.20. The van der Waals surface area contributed by atoms with Crippen molar-refractivity contribution in [3.63, 3.8) is 0 Å². The van der Waals surface area contributed by atoms with E-state index in [-0.39, 0.29) is 45.1 Å². The quantitative estimate of drug-likeness (QED) is 0.222. The fraction of sp³-hybridized carbons (Fsp3) is 0.321. The molecule has 8 heteroatoms. The first-order chi connectivity index (χ1) is 17.0. The van der Waals surface area contributed by atoms with E-state index in [0.717, 1.165) is 5.56 Å². The van der Waals surface area contributed by atoms with Gasteiger partial charge < -0.3 is 25.4 Å². The van der Waals surface area contributed by atoms with Gasteiger partial charge in [-0.2, -0.15) is 21.6 Å². The van der Waals surface area contributed by atoms with Gasteiger partial charge in [-0.3, -0.25) is 0 Å². The van der Waals surface area contributed by atoms with Crippen LogP contribution in [0, 0.1) is 12.3 Å². The first kappa shape index (κ1) is 28.3. The van der Waals surface area contributed by atoms with Gasteiger partial charge in [-0.05, 0) is 54.1 Å². The molecule has 0 heterocycles. The van der Waals surface area contributed by atoms with Crippen molar-refractivity contribution in [1.82, 2.24) is 0 Å². The molecule has 4 rings (SSSR count). The molecule has 0 spiro atoms. The van der Waals surface area contributed by atoms with Crippen LogP contribution in [0.4, 0.5) is 13.2 Å². The summed E-state index contributed by atoms with van der Waals surface area (Å²) in [4.78, 5) is 0. The molecule has 3 aromatic carbocycles. The summed E-state index contributed by atoms with van der Waals surface area (Å²) in [6.45, 7) is -0.719. The van der Waals surface area contributed by atoms with Crippen LogP contribution in [-0.4, -0.2) is 19.6 Å². The van der Waals surface area contributed by atoms with Crippen molar-refractivity contribution < 1.29 is 64.8 Å².